The molecule has 240 valence electrons. The SMILES string of the molecule is COCCOCCNC(=O)c1cc2ncc(-c3cc4c(cc3-c3cnc(C)nc3)c(C(C)=O)cn4CC(=O)OC(C)(C)C)cn2n1. The van der Waals surface area contributed by atoms with Crippen LogP contribution in [0.15, 0.2) is 49.2 Å². The lowest BCUT2D eigenvalue weighted by Gasteiger charge is -2.20. The molecule has 5 aromatic rings. The van der Waals surface area contributed by atoms with Crippen molar-refractivity contribution in [3.63, 3.8) is 0 Å². The van der Waals surface area contributed by atoms with Gasteiger partial charge in [-0.05, 0) is 57.9 Å². The predicted octanol–water partition coefficient (Wildman–Crippen LogP) is 4.05. The number of Topliss-reactive ketones (excluding diaryl/α,β-unsaturated/α-hetero) is 1. The molecular weight excluding hydrogens is 590 g/mol. The smallest absolute Gasteiger partial charge is 0.326 e. The number of hydrogen-bond acceptors (Lipinski definition) is 10. The van der Waals surface area contributed by atoms with Crippen molar-refractivity contribution in [2.24, 2.45) is 0 Å². The van der Waals surface area contributed by atoms with E-state index in [1.54, 1.807) is 80.9 Å². The van der Waals surface area contributed by atoms with Crippen LogP contribution in [0.5, 0.6) is 0 Å². The van der Waals surface area contributed by atoms with Gasteiger partial charge in [0.2, 0.25) is 0 Å². The van der Waals surface area contributed by atoms with Crippen molar-refractivity contribution >= 4 is 34.2 Å². The minimum atomic E-state index is -0.661. The number of amides is 1. The van der Waals surface area contributed by atoms with Gasteiger partial charge in [0.15, 0.2) is 17.1 Å². The molecule has 0 aliphatic heterocycles. The first-order chi connectivity index (χ1) is 21.9. The van der Waals surface area contributed by atoms with Gasteiger partial charge in [-0.1, -0.05) is 0 Å². The number of ketones is 1. The van der Waals surface area contributed by atoms with Gasteiger partial charge in [0.25, 0.3) is 5.91 Å². The van der Waals surface area contributed by atoms with Crippen molar-refractivity contribution in [1.29, 1.82) is 0 Å². The first kappa shape index (κ1) is 32.4. The maximum Gasteiger partial charge on any atom is 0.326 e. The minimum absolute atomic E-state index is 0.0835. The van der Waals surface area contributed by atoms with E-state index in [-0.39, 0.29) is 23.9 Å². The Balaban J connectivity index is 1.56. The Bertz CT molecular complexity index is 1900. The third-order valence-corrected chi connectivity index (χ3v) is 7.03. The number of hydrogen-bond donors (Lipinski definition) is 1. The number of rotatable bonds is 12. The van der Waals surface area contributed by atoms with Crippen molar-refractivity contribution in [3.8, 4) is 22.3 Å². The van der Waals surface area contributed by atoms with Crippen LogP contribution in [0.25, 0.3) is 38.8 Å². The van der Waals surface area contributed by atoms with Crippen molar-refractivity contribution in [3.05, 3.63) is 66.3 Å². The average Bonchev–Trinajstić information content (AvgIpc) is 3.59. The number of aryl methyl sites for hydroxylation is 1. The molecule has 0 unspecified atom stereocenters. The van der Waals surface area contributed by atoms with Crippen LogP contribution in [0.1, 0.15) is 54.4 Å². The van der Waals surface area contributed by atoms with Gasteiger partial charge in [0.05, 0.1) is 19.8 Å². The minimum Gasteiger partial charge on any atom is -0.459 e. The van der Waals surface area contributed by atoms with E-state index in [4.69, 9.17) is 14.2 Å². The summed E-state index contributed by atoms with van der Waals surface area (Å²) in [6, 6.07) is 5.42. The Morgan fingerprint density at radius 2 is 1.63 bits per heavy atom. The zero-order chi connectivity index (χ0) is 33.0. The Hall–Kier alpha value is -5.01. The monoisotopic (exact) mass is 627 g/mol. The van der Waals surface area contributed by atoms with Gasteiger partial charge in [-0.25, -0.2) is 19.5 Å². The van der Waals surface area contributed by atoms with Gasteiger partial charge in [0.1, 0.15) is 18.0 Å². The first-order valence-electron chi connectivity index (χ1n) is 14.8. The molecule has 46 heavy (non-hydrogen) atoms. The standard InChI is InChI=1S/C33H37N7O6/c1-20(41)27-18-39(19-31(42)46-33(3,4)5)29-12-25(24(11-26(27)29)22-14-35-21(2)36-15-22)23-16-37-30-13-28(38-40(30)17-23)32(43)34-7-8-45-10-9-44-6/h11-18H,7-10,19H2,1-6H3,(H,34,43). The third kappa shape index (κ3) is 7.44. The highest BCUT2D eigenvalue weighted by Gasteiger charge is 2.22. The second-order valence-electron chi connectivity index (χ2n) is 11.8. The second-order valence-corrected chi connectivity index (χ2v) is 11.8. The highest BCUT2D eigenvalue weighted by Crippen LogP contribution is 2.37. The lowest BCUT2D eigenvalue weighted by Crippen LogP contribution is -2.28. The first-order valence-corrected chi connectivity index (χ1v) is 14.8. The summed E-state index contributed by atoms with van der Waals surface area (Å²) in [6.45, 7) is 10.2. The second kappa shape index (κ2) is 13.5. The van der Waals surface area contributed by atoms with Gasteiger partial charge in [-0.15, -0.1) is 0 Å². The van der Waals surface area contributed by atoms with Crippen molar-refractivity contribution < 1.29 is 28.6 Å². The number of nitrogens with zero attached hydrogens (tertiary/aromatic N) is 6. The molecule has 0 fully saturated rings. The number of aromatic nitrogens is 6. The molecule has 0 saturated carbocycles. The Kier molecular flexibility index (Phi) is 9.54. The number of benzene rings is 1. The quantitative estimate of drug-likeness (QED) is 0.122. The highest BCUT2D eigenvalue weighted by molar-refractivity contribution is 6.09. The van der Waals surface area contributed by atoms with E-state index in [2.05, 4.69) is 25.4 Å². The molecule has 1 N–H and O–H groups in total. The fraction of sp³-hybridized carbons (Fsp3) is 0.364. The molecule has 1 amide bonds. The lowest BCUT2D eigenvalue weighted by atomic mass is 9.94. The summed E-state index contributed by atoms with van der Waals surface area (Å²) in [5.74, 6) is -0.299. The topological polar surface area (TPSA) is 152 Å². The maximum absolute atomic E-state index is 12.8. The Labute approximate surface area is 265 Å². The molecule has 0 atom stereocenters. The Morgan fingerprint density at radius 1 is 0.913 bits per heavy atom. The number of carbonyl (C=O) groups excluding carboxylic acids is 3. The van der Waals surface area contributed by atoms with Gasteiger partial charge in [-0.3, -0.25) is 14.4 Å². The molecule has 0 aliphatic rings. The predicted molar refractivity (Wildman–Crippen MR) is 171 cm³/mol. The summed E-state index contributed by atoms with van der Waals surface area (Å²) < 4.78 is 19.2. The molecule has 5 rings (SSSR count). The summed E-state index contributed by atoms with van der Waals surface area (Å²) >= 11 is 0. The normalized spacial score (nSPS) is 11.7. The summed E-state index contributed by atoms with van der Waals surface area (Å²) in [5, 5.41) is 7.94. The van der Waals surface area contributed by atoms with Crippen LogP contribution in [-0.2, 0) is 25.5 Å². The number of esters is 1. The molecule has 0 radical (unpaired) electrons. The number of fused-ring (bicyclic) bond motifs is 2. The Morgan fingerprint density at radius 3 is 2.33 bits per heavy atom. The number of ether oxygens (including phenoxy) is 3. The molecule has 13 nitrogen and oxygen atoms in total. The molecule has 0 aliphatic carbocycles. The van der Waals surface area contributed by atoms with Gasteiger partial charge in [0, 0.05) is 78.3 Å². The van der Waals surface area contributed by atoms with E-state index in [9.17, 15) is 14.4 Å². The molecule has 0 spiro atoms. The van der Waals surface area contributed by atoms with Crippen LogP contribution in [0.4, 0.5) is 0 Å². The van der Waals surface area contributed by atoms with E-state index < -0.39 is 11.6 Å². The molecule has 0 saturated heterocycles. The summed E-state index contributed by atoms with van der Waals surface area (Å²) in [6.07, 6.45) is 8.59. The maximum atomic E-state index is 12.8. The van der Waals surface area contributed by atoms with Gasteiger partial charge < -0.3 is 24.1 Å². The van der Waals surface area contributed by atoms with Crippen LogP contribution < -0.4 is 5.32 Å². The highest BCUT2D eigenvalue weighted by atomic mass is 16.6. The van der Waals surface area contributed by atoms with E-state index in [1.165, 1.54) is 6.92 Å². The van der Waals surface area contributed by atoms with E-state index in [1.807, 2.05) is 12.1 Å². The number of nitrogens with one attached hydrogen (secondary N) is 1. The third-order valence-electron chi connectivity index (χ3n) is 7.03. The molecule has 4 aromatic heterocycles. The van der Waals surface area contributed by atoms with E-state index in [0.29, 0.717) is 59.9 Å². The van der Waals surface area contributed by atoms with Gasteiger partial charge >= 0.3 is 5.97 Å². The van der Waals surface area contributed by atoms with Crippen LogP contribution in [0, 0.1) is 6.92 Å². The zero-order valence-corrected chi connectivity index (χ0v) is 26.8. The van der Waals surface area contributed by atoms with Gasteiger partial charge in [-0.2, -0.15) is 5.10 Å². The fourth-order valence-corrected chi connectivity index (χ4v) is 4.97. The molecule has 13 heteroatoms. The van der Waals surface area contributed by atoms with Crippen LogP contribution in [0.2, 0.25) is 0 Å². The van der Waals surface area contributed by atoms with E-state index in [0.717, 1.165) is 16.7 Å². The molecule has 4 heterocycles. The number of carbonyl (C=O) groups is 3. The van der Waals surface area contributed by atoms with Crippen molar-refractivity contribution in [2.45, 2.75) is 46.8 Å². The van der Waals surface area contributed by atoms with Crippen molar-refractivity contribution in [2.75, 3.05) is 33.5 Å². The van der Waals surface area contributed by atoms with E-state index >= 15 is 0 Å². The largest absolute Gasteiger partial charge is 0.459 e. The summed E-state index contributed by atoms with van der Waals surface area (Å²) in [5.41, 5.74) is 4.07. The molecule has 0 bridgehead atoms. The summed E-state index contributed by atoms with van der Waals surface area (Å²) in [7, 11) is 1.60. The van der Waals surface area contributed by atoms with Crippen LogP contribution >= 0.6 is 0 Å². The van der Waals surface area contributed by atoms with Crippen LogP contribution in [0.3, 0.4) is 0 Å². The molecule has 1 aromatic carbocycles. The number of methoxy groups -OCH3 is 1. The zero-order valence-electron chi connectivity index (χ0n) is 26.8. The molecular formula is C33H37N7O6. The average molecular weight is 628 g/mol. The lowest BCUT2D eigenvalue weighted by molar-refractivity contribution is -0.155. The summed E-state index contributed by atoms with van der Waals surface area (Å²) in [4.78, 5) is 51.7. The van der Waals surface area contributed by atoms with Crippen molar-refractivity contribution in [1.82, 2.24) is 34.4 Å². The fourth-order valence-electron chi connectivity index (χ4n) is 4.97. The van der Waals surface area contributed by atoms with Crippen LogP contribution in [-0.4, -0.2) is 85.9 Å².